The Hall–Kier alpha value is -3.29. The van der Waals surface area contributed by atoms with Gasteiger partial charge in [-0.15, -0.1) is 0 Å². The molecule has 0 N–H and O–H groups in total. The predicted octanol–water partition coefficient (Wildman–Crippen LogP) is 4.18. The average Bonchev–Trinajstić information content (AvgIpc) is 3.43. The van der Waals surface area contributed by atoms with E-state index in [2.05, 4.69) is 4.98 Å². The second-order valence-corrected chi connectivity index (χ2v) is 8.51. The number of benzene rings is 2. The predicted molar refractivity (Wildman–Crippen MR) is 124 cm³/mol. The van der Waals surface area contributed by atoms with Gasteiger partial charge in [-0.1, -0.05) is 41.9 Å². The minimum absolute atomic E-state index is 0.0782. The molecule has 5 aromatic rings. The van der Waals surface area contributed by atoms with Crippen molar-refractivity contribution < 1.29 is 4.74 Å². The molecule has 1 fully saturated rings. The van der Waals surface area contributed by atoms with Gasteiger partial charge in [0.25, 0.3) is 5.56 Å². The molecule has 1 aliphatic heterocycles. The zero-order valence-corrected chi connectivity index (χ0v) is 18.0. The van der Waals surface area contributed by atoms with Crippen molar-refractivity contribution in [2.24, 2.45) is 0 Å². The van der Waals surface area contributed by atoms with Crippen LogP contribution < -0.4 is 5.56 Å². The third-order valence-corrected chi connectivity index (χ3v) is 6.40. The molecule has 3 aromatic heterocycles. The van der Waals surface area contributed by atoms with Gasteiger partial charge in [0.05, 0.1) is 30.2 Å². The van der Waals surface area contributed by atoms with Crippen molar-refractivity contribution in [3.05, 3.63) is 75.8 Å². The number of halogens is 1. The molecule has 6 rings (SSSR count). The van der Waals surface area contributed by atoms with Crippen molar-refractivity contribution in [2.75, 3.05) is 6.61 Å². The van der Waals surface area contributed by atoms with E-state index in [0.717, 1.165) is 36.0 Å². The van der Waals surface area contributed by atoms with Gasteiger partial charge in [0, 0.05) is 11.6 Å². The van der Waals surface area contributed by atoms with Crippen molar-refractivity contribution in [3.8, 4) is 0 Å². The standard InChI is InChI=1S/C24H20ClN5O2/c25-17-8-2-1-6-15(17)12-29-14-26-22-20(24(29)31)21-23(30(22)13-16-7-5-11-32-16)28-19-10-4-3-9-18(19)27-21/h1-4,6,8-10,14,16H,5,7,11-13H2. The van der Waals surface area contributed by atoms with Gasteiger partial charge in [-0.05, 0) is 36.6 Å². The number of aromatic nitrogens is 5. The highest BCUT2D eigenvalue weighted by atomic mass is 35.5. The largest absolute Gasteiger partial charge is 0.376 e. The van der Waals surface area contributed by atoms with Crippen LogP contribution in [0.3, 0.4) is 0 Å². The highest BCUT2D eigenvalue weighted by Gasteiger charge is 2.24. The van der Waals surface area contributed by atoms with E-state index in [9.17, 15) is 4.79 Å². The molecular weight excluding hydrogens is 426 g/mol. The lowest BCUT2D eigenvalue weighted by Crippen LogP contribution is -2.22. The molecule has 0 spiro atoms. The van der Waals surface area contributed by atoms with E-state index < -0.39 is 0 Å². The number of rotatable bonds is 4. The Bertz CT molecular complexity index is 1530. The molecule has 1 aliphatic rings. The van der Waals surface area contributed by atoms with Crippen molar-refractivity contribution in [3.63, 3.8) is 0 Å². The Morgan fingerprint density at radius 3 is 2.59 bits per heavy atom. The summed E-state index contributed by atoms with van der Waals surface area (Å²) in [4.78, 5) is 28.0. The van der Waals surface area contributed by atoms with E-state index in [1.807, 2.05) is 53.1 Å². The molecule has 8 heteroatoms. The molecule has 7 nitrogen and oxygen atoms in total. The van der Waals surface area contributed by atoms with Crippen LogP contribution in [0.15, 0.2) is 59.7 Å². The molecule has 0 aliphatic carbocycles. The molecule has 1 saturated heterocycles. The summed E-state index contributed by atoms with van der Waals surface area (Å²) in [7, 11) is 0. The molecule has 0 saturated carbocycles. The number of para-hydroxylation sites is 2. The molecule has 4 heterocycles. The van der Waals surface area contributed by atoms with E-state index in [0.29, 0.717) is 40.3 Å². The Balaban J connectivity index is 1.60. The SMILES string of the molecule is O=c1c2c3nc4ccccc4nc3n(CC3CCCO3)c2ncn1Cc1ccccc1Cl. The number of fused-ring (bicyclic) bond motifs is 4. The zero-order chi connectivity index (χ0) is 21.7. The van der Waals surface area contributed by atoms with Crippen LogP contribution >= 0.6 is 11.6 Å². The summed E-state index contributed by atoms with van der Waals surface area (Å²) in [6, 6.07) is 15.2. The first kappa shape index (κ1) is 19.4. The minimum Gasteiger partial charge on any atom is -0.376 e. The number of nitrogens with zero attached hydrogens (tertiary/aromatic N) is 5. The fourth-order valence-corrected chi connectivity index (χ4v) is 4.62. The summed E-state index contributed by atoms with van der Waals surface area (Å²) in [5, 5.41) is 1.09. The summed E-state index contributed by atoms with van der Waals surface area (Å²) < 4.78 is 9.43. The van der Waals surface area contributed by atoms with Crippen molar-refractivity contribution >= 4 is 44.8 Å². The maximum Gasteiger partial charge on any atom is 0.265 e. The molecular formula is C24H20ClN5O2. The highest BCUT2D eigenvalue weighted by molar-refractivity contribution is 6.31. The number of hydrogen-bond donors (Lipinski definition) is 0. The average molecular weight is 446 g/mol. The van der Waals surface area contributed by atoms with Gasteiger partial charge in [-0.3, -0.25) is 9.36 Å². The Morgan fingerprint density at radius 2 is 1.81 bits per heavy atom. The van der Waals surface area contributed by atoms with Gasteiger partial charge in [0.1, 0.15) is 17.2 Å². The third-order valence-electron chi connectivity index (χ3n) is 6.03. The topological polar surface area (TPSA) is 74.8 Å². The quantitative estimate of drug-likeness (QED) is 0.415. The van der Waals surface area contributed by atoms with Gasteiger partial charge in [0.15, 0.2) is 11.3 Å². The fraction of sp³-hybridized carbons (Fsp3) is 0.250. The van der Waals surface area contributed by atoms with Crippen molar-refractivity contribution in [1.82, 2.24) is 24.1 Å². The number of ether oxygens (including phenoxy) is 1. The van der Waals surface area contributed by atoms with Crippen LogP contribution in [0.1, 0.15) is 18.4 Å². The lowest BCUT2D eigenvalue weighted by atomic mass is 10.2. The Morgan fingerprint density at radius 1 is 1.03 bits per heavy atom. The molecule has 1 atom stereocenters. The maximum absolute atomic E-state index is 13.6. The van der Waals surface area contributed by atoms with Crippen LogP contribution in [-0.2, 0) is 17.8 Å². The van der Waals surface area contributed by atoms with Crippen molar-refractivity contribution in [2.45, 2.75) is 32.0 Å². The van der Waals surface area contributed by atoms with Gasteiger partial charge >= 0.3 is 0 Å². The van der Waals surface area contributed by atoms with E-state index >= 15 is 0 Å². The first-order valence-corrected chi connectivity index (χ1v) is 11.1. The number of hydrogen-bond acceptors (Lipinski definition) is 5. The maximum atomic E-state index is 13.6. The monoisotopic (exact) mass is 445 g/mol. The van der Waals surface area contributed by atoms with Crippen LogP contribution in [0.4, 0.5) is 0 Å². The van der Waals surface area contributed by atoms with Crippen LogP contribution in [0, 0.1) is 0 Å². The van der Waals surface area contributed by atoms with Crippen molar-refractivity contribution in [1.29, 1.82) is 0 Å². The van der Waals surface area contributed by atoms with E-state index in [4.69, 9.17) is 26.3 Å². The molecule has 0 radical (unpaired) electrons. The summed E-state index contributed by atoms with van der Waals surface area (Å²) in [6.45, 7) is 1.68. The Labute approximate surface area is 188 Å². The van der Waals surface area contributed by atoms with Crippen LogP contribution in [0.2, 0.25) is 5.02 Å². The van der Waals surface area contributed by atoms with Crippen LogP contribution in [0.5, 0.6) is 0 Å². The normalized spacial score (nSPS) is 16.5. The van der Waals surface area contributed by atoms with Crippen LogP contribution in [-0.4, -0.2) is 36.8 Å². The minimum atomic E-state index is -0.157. The molecule has 0 bridgehead atoms. The van der Waals surface area contributed by atoms with E-state index in [1.165, 1.54) is 0 Å². The summed E-state index contributed by atoms with van der Waals surface area (Å²) >= 11 is 6.33. The third kappa shape index (κ3) is 3.16. The molecule has 0 amide bonds. The fourth-order valence-electron chi connectivity index (χ4n) is 4.43. The lowest BCUT2D eigenvalue weighted by molar-refractivity contribution is 0.0987. The lowest BCUT2D eigenvalue weighted by Gasteiger charge is -2.12. The summed E-state index contributed by atoms with van der Waals surface area (Å²) in [6.07, 6.45) is 3.67. The first-order chi connectivity index (χ1) is 15.7. The molecule has 2 aromatic carbocycles. The van der Waals surface area contributed by atoms with Gasteiger partial charge in [-0.2, -0.15) is 0 Å². The Kier molecular flexibility index (Phi) is 4.66. The summed E-state index contributed by atoms with van der Waals surface area (Å²) in [5.74, 6) is 0. The second kappa shape index (κ2) is 7.69. The molecule has 1 unspecified atom stereocenters. The van der Waals surface area contributed by atoms with E-state index in [-0.39, 0.29) is 11.7 Å². The van der Waals surface area contributed by atoms with Gasteiger partial charge < -0.3 is 9.30 Å². The molecule has 32 heavy (non-hydrogen) atoms. The zero-order valence-electron chi connectivity index (χ0n) is 17.2. The first-order valence-electron chi connectivity index (χ1n) is 10.7. The van der Waals surface area contributed by atoms with Crippen LogP contribution in [0.25, 0.3) is 33.2 Å². The molecule has 160 valence electrons. The highest BCUT2D eigenvalue weighted by Crippen LogP contribution is 2.27. The van der Waals surface area contributed by atoms with Gasteiger partial charge in [-0.25, -0.2) is 15.0 Å². The smallest absolute Gasteiger partial charge is 0.265 e. The van der Waals surface area contributed by atoms with Gasteiger partial charge in [0.2, 0.25) is 0 Å². The summed E-state index contributed by atoms with van der Waals surface area (Å²) in [5.41, 5.74) is 4.06. The second-order valence-electron chi connectivity index (χ2n) is 8.10. The van der Waals surface area contributed by atoms with E-state index in [1.54, 1.807) is 10.9 Å².